The molecule has 0 saturated carbocycles. The fourth-order valence-electron chi connectivity index (χ4n) is 5.34. The van der Waals surface area contributed by atoms with Crippen LogP contribution in [0.15, 0.2) is 69.6 Å². The minimum absolute atomic E-state index is 0.262. The lowest BCUT2D eigenvalue weighted by Crippen LogP contribution is -2.60. The number of halogens is 4. The molecule has 0 unspecified atom stereocenters. The van der Waals surface area contributed by atoms with Crippen molar-refractivity contribution in [3.63, 3.8) is 0 Å². The van der Waals surface area contributed by atoms with Gasteiger partial charge in [0.15, 0.2) is 0 Å². The molecule has 168 valence electrons. The fourth-order valence-corrected chi connectivity index (χ4v) is 6.49. The molecule has 0 aromatic heterocycles. The van der Waals surface area contributed by atoms with Crippen molar-refractivity contribution in [1.82, 2.24) is 5.32 Å². The number of fused-ring (bicyclic) bond motifs is 2. The first-order valence-electron chi connectivity index (χ1n) is 10.4. The van der Waals surface area contributed by atoms with Gasteiger partial charge in [-0.2, -0.15) is 0 Å². The van der Waals surface area contributed by atoms with Crippen LogP contribution in [-0.2, 0) is 15.0 Å². The first-order valence-corrected chi connectivity index (χ1v) is 12.3. The summed E-state index contributed by atoms with van der Waals surface area (Å²) in [5, 5.41) is 6.53. The van der Waals surface area contributed by atoms with E-state index in [0.717, 1.165) is 4.47 Å². The first-order chi connectivity index (χ1) is 15.7. The Morgan fingerprint density at radius 2 is 1.79 bits per heavy atom. The molecule has 2 aliphatic rings. The van der Waals surface area contributed by atoms with Crippen LogP contribution in [0.3, 0.4) is 0 Å². The summed E-state index contributed by atoms with van der Waals surface area (Å²) >= 11 is 13.3. The number of anilines is 1. The van der Waals surface area contributed by atoms with Gasteiger partial charge in [0.05, 0.1) is 6.04 Å². The number of benzene rings is 3. The van der Waals surface area contributed by atoms with Crippen LogP contribution in [-0.4, -0.2) is 11.8 Å². The molecule has 2 amide bonds. The number of hydrogen-bond acceptors (Lipinski definition) is 2. The lowest BCUT2D eigenvalue weighted by Gasteiger charge is -2.49. The number of hydrogen-bond donors (Lipinski definition) is 2. The lowest BCUT2D eigenvalue weighted by atomic mass is 9.56. The molecule has 3 aromatic rings. The van der Waals surface area contributed by atoms with Gasteiger partial charge in [-0.15, -0.1) is 0 Å². The van der Waals surface area contributed by atoms with Crippen molar-refractivity contribution in [2.75, 3.05) is 5.32 Å². The second-order valence-corrected chi connectivity index (χ2v) is 10.6. The molecule has 3 aromatic carbocycles. The molecule has 4 atom stereocenters. The smallest absolute Gasteiger partial charge is 0.238 e. The zero-order valence-electron chi connectivity index (χ0n) is 17.3. The third-order valence-electron chi connectivity index (χ3n) is 6.69. The summed E-state index contributed by atoms with van der Waals surface area (Å²) in [6.45, 7) is 1.73. The zero-order chi connectivity index (χ0) is 23.5. The third kappa shape index (κ3) is 3.35. The predicted octanol–water partition coefficient (Wildman–Crippen LogP) is 6.49. The Hall–Kier alpha value is -2.22. The van der Waals surface area contributed by atoms with E-state index in [-0.39, 0.29) is 11.8 Å². The molecule has 8 heteroatoms. The highest BCUT2D eigenvalue weighted by Gasteiger charge is 2.64. The highest BCUT2D eigenvalue weighted by molar-refractivity contribution is 9.10. The molecule has 5 rings (SSSR count). The quantitative estimate of drug-likeness (QED) is 0.358. The van der Waals surface area contributed by atoms with Crippen molar-refractivity contribution in [2.45, 2.75) is 24.3 Å². The maximum atomic E-state index is 15.4. The van der Waals surface area contributed by atoms with E-state index in [1.807, 2.05) is 24.3 Å². The van der Waals surface area contributed by atoms with Gasteiger partial charge >= 0.3 is 0 Å². The highest BCUT2D eigenvalue weighted by Crippen LogP contribution is 2.60. The van der Waals surface area contributed by atoms with E-state index in [4.69, 9.17) is 11.6 Å². The number of nitrogens with one attached hydrogen (secondary N) is 2. The number of amides is 2. The van der Waals surface area contributed by atoms with E-state index < -0.39 is 29.1 Å². The molecular formula is C25H18Br2ClFN2O2. The van der Waals surface area contributed by atoms with Crippen LogP contribution >= 0.6 is 43.5 Å². The van der Waals surface area contributed by atoms with Gasteiger partial charge in [-0.3, -0.25) is 9.59 Å². The number of piperidine rings is 1. The van der Waals surface area contributed by atoms with Crippen molar-refractivity contribution < 1.29 is 14.0 Å². The van der Waals surface area contributed by atoms with E-state index in [1.54, 1.807) is 37.3 Å². The second-order valence-electron chi connectivity index (χ2n) is 8.41. The van der Waals surface area contributed by atoms with Gasteiger partial charge in [0.25, 0.3) is 0 Å². The standard InChI is InChI=1S/C25H18Br2ClFN2O2/c1-12-21(20-17(27)6-3-7-18(20)29)25(16-11-14(26)8-9-19(16)30-24(25)33)22(31-23(12)32)13-4-2-5-15(28)10-13/h2-12,21-22H,1H3,(H,30,33)(H,31,32)/t12-,21-,22+,25-/m0/s1. The summed E-state index contributed by atoms with van der Waals surface area (Å²) in [6.07, 6.45) is 0. The van der Waals surface area contributed by atoms with Crippen molar-refractivity contribution in [3.05, 3.63) is 97.1 Å². The first kappa shape index (κ1) is 22.6. The van der Waals surface area contributed by atoms with Crippen LogP contribution in [0.2, 0.25) is 5.02 Å². The third-order valence-corrected chi connectivity index (χ3v) is 8.11. The van der Waals surface area contributed by atoms with Crippen molar-refractivity contribution in [3.8, 4) is 0 Å². The van der Waals surface area contributed by atoms with Gasteiger partial charge in [-0.1, -0.05) is 68.6 Å². The number of rotatable bonds is 2. The summed E-state index contributed by atoms with van der Waals surface area (Å²) in [4.78, 5) is 27.3. The SMILES string of the molecule is C[C@@H]1C(=O)N[C@H](c2cccc(Cl)c2)[C@@]2(C(=O)Nc3ccc(Br)cc32)[C@@H]1c1c(F)cccc1Br. The summed E-state index contributed by atoms with van der Waals surface area (Å²) < 4.78 is 16.7. The molecule has 4 nitrogen and oxygen atoms in total. The Kier molecular flexibility index (Phi) is 5.62. The molecule has 0 aliphatic carbocycles. The minimum atomic E-state index is -1.32. The molecule has 0 bridgehead atoms. The molecule has 1 saturated heterocycles. The van der Waals surface area contributed by atoms with Crippen molar-refractivity contribution in [2.24, 2.45) is 5.92 Å². The second kappa shape index (κ2) is 8.22. The average molecular weight is 593 g/mol. The Bertz CT molecular complexity index is 1300. The Morgan fingerprint density at radius 3 is 2.52 bits per heavy atom. The predicted molar refractivity (Wildman–Crippen MR) is 133 cm³/mol. The molecule has 1 spiro atoms. The van der Waals surface area contributed by atoms with Gasteiger partial charge in [0.2, 0.25) is 11.8 Å². The van der Waals surface area contributed by atoms with Gasteiger partial charge in [-0.05, 0) is 53.6 Å². The van der Waals surface area contributed by atoms with Gasteiger partial charge in [0, 0.05) is 37.1 Å². The monoisotopic (exact) mass is 590 g/mol. The largest absolute Gasteiger partial charge is 0.348 e. The Morgan fingerprint density at radius 1 is 1.03 bits per heavy atom. The summed E-state index contributed by atoms with van der Waals surface area (Å²) in [5.41, 5.74) is 0.981. The van der Waals surface area contributed by atoms with Gasteiger partial charge in [-0.25, -0.2) is 4.39 Å². The van der Waals surface area contributed by atoms with E-state index in [2.05, 4.69) is 42.5 Å². The van der Waals surface area contributed by atoms with Crippen LogP contribution in [0.1, 0.15) is 35.6 Å². The van der Waals surface area contributed by atoms with Crippen molar-refractivity contribution >= 4 is 61.0 Å². The van der Waals surface area contributed by atoms with E-state index in [9.17, 15) is 9.59 Å². The van der Waals surface area contributed by atoms with Crippen LogP contribution in [0, 0.1) is 11.7 Å². The maximum Gasteiger partial charge on any atom is 0.238 e. The topological polar surface area (TPSA) is 58.2 Å². The molecule has 2 heterocycles. The molecule has 0 radical (unpaired) electrons. The Balaban J connectivity index is 1.89. The van der Waals surface area contributed by atoms with Crippen LogP contribution in [0.5, 0.6) is 0 Å². The maximum absolute atomic E-state index is 15.4. The lowest BCUT2D eigenvalue weighted by molar-refractivity contribution is -0.135. The number of carbonyl (C=O) groups is 2. The average Bonchev–Trinajstić information content (AvgIpc) is 3.04. The van der Waals surface area contributed by atoms with E-state index in [0.29, 0.717) is 31.9 Å². The van der Waals surface area contributed by atoms with Crippen molar-refractivity contribution in [1.29, 1.82) is 0 Å². The van der Waals surface area contributed by atoms with Gasteiger partial charge in [0.1, 0.15) is 11.2 Å². The van der Waals surface area contributed by atoms with Crippen LogP contribution in [0.25, 0.3) is 0 Å². The summed E-state index contributed by atoms with van der Waals surface area (Å²) in [5.74, 6) is -2.52. The molecule has 1 fully saturated rings. The zero-order valence-corrected chi connectivity index (χ0v) is 21.3. The molecular weight excluding hydrogens is 575 g/mol. The molecule has 2 N–H and O–H groups in total. The van der Waals surface area contributed by atoms with Crippen LogP contribution in [0.4, 0.5) is 10.1 Å². The summed E-state index contributed by atoms with van der Waals surface area (Å²) in [6, 6.07) is 16.5. The van der Waals surface area contributed by atoms with Gasteiger partial charge < -0.3 is 10.6 Å². The minimum Gasteiger partial charge on any atom is -0.348 e. The number of carbonyl (C=O) groups excluding carboxylic acids is 2. The fraction of sp³-hybridized carbons (Fsp3) is 0.200. The van der Waals surface area contributed by atoms with E-state index in [1.165, 1.54) is 6.07 Å². The summed E-state index contributed by atoms with van der Waals surface area (Å²) in [7, 11) is 0. The molecule has 2 aliphatic heterocycles. The highest BCUT2D eigenvalue weighted by atomic mass is 79.9. The van der Waals surface area contributed by atoms with E-state index >= 15 is 4.39 Å². The normalized spacial score (nSPS) is 26.2. The Labute approximate surface area is 212 Å². The molecule has 33 heavy (non-hydrogen) atoms. The van der Waals surface area contributed by atoms with Crippen LogP contribution < -0.4 is 10.6 Å².